The van der Waals surface area contributed by atoms with Gasteiger partial charge in [-0.25, -0.2) is 0 Å². The lowest BCUT2D eigenvalue weighted by atomic mass is 10.0. The van der Waals surface area contributed by atoms with Crippen molar-refractivity contribution < 1.29 is 4.74 Å². The number of para-hydroxylation sites is 3. The van der Waals surface area contributed by atoms with Crippen LogP contribution in [0.15, 0.2) is 170 Å². The van der Waals surface area contributed by atoms with Crippen LogP contribution in [0, 0.1) is 0 Å². The SMILES string of the molecule is c1ccc(N(c2ccc3c(c2)Oc2ccccc2N3c2ccc3c(c2)sc2ccccc23)c2ccc3c(ccc4ccccc43)c2)cc1. The number of ether oxygens (including phenoxy) is 1. The van der Waals surface area contributed by atoms with Gasteiger partial charge in [0.1, 0.15) is 0 Å². The smallest absolute Gasteiger partial charge is 0.153 e. The molecule has 2 heterocycles. The molecule has 4 heteroatoms. The van der Waals surface area contributed by atoms with Gasteiger partial charge in [0.15, 0.2) is 11.5 Å². The predicted octanol–water partition coefficient (Wildman–Crippen LogP) is 13.4. The van der Waals surface area contributed by atoms with Gasteiger partial charge < -0.3 is 14.5 Å². The number of hydrogen-bond acceptors (Lipinski definition) is 4. The van der Waals surface area contributed by atoms with E-state index in [0.717, 1.165) is 45.6 Å². The maximum Gasteiger partial charge on any atom is 0.153 e. The minimum absolute atomic E-state index is 0.815. The Morgan fingerprint density at radius 2 is 1.08 bits per heavy atom. The van der Waals surface area contributed by atoms with Crippen LogP contribution in [0.25, 0.3) is 41.7 Å². The van der Waals surface area contributed by atoms with E-state index in [0.29, 0.717) is 0 Å². The minimum Gasteiger partial charge on any atom is -0.453 e. The van der Waals surface area contributed by atoms with Crippen LogP contribution >= 0.6 is 11.3 Å². The Labute approximate surface area is 282 Å². The van der Waals surface area contributed by atoms with Crippen LogP contribution in [0.4, 0.5) is 34.1 Å². The van der Waals surface area contributed by atoms with Gasteiger partial charge in [-0.2, -0.15) is 0 Å². The molecule has 0 bridgehead atoms. The molecule has 1 aliphatic rings. The van der Waals surface area contributed by atoms with E-state index < -0.39 is 0 Å². The molecule has 3 nitrogen and oxygen atoms in total. The second kappa shape index (κ2) is 10.7. The molecule has 0 saturated carbocycles. The highest BCUT2D eigenvalue weighted by Gasteiger charge is 2.27. The van der Waals surface area contributed by atoms with E-state index in [1.165, 1.54) is 41.7 Å². The number of fused-ring (bicyclic) bond motifs is 8. The summed E-state index contributed by atoms with van der Waals surface area (Å²) in [7, 11) is 0. The quantitative estimate of drug-likeness (QED) is 0.180. The van der Waals surface area contributed by atoms with Crippen LogP contribution in [0.1, 0.15) is 0 Å². The maximum atomic E-state index is 6.68. The summed E-state index contributed by atoms with van der Waals surface area (Å²) in [6, 6.07) is 60.7. The molecule has 0 aliphatic carbocycles. The lowest BCUT2D eigenvalue weighted by Crippen LogP contribution is -2.16. The fourth-order valence-corrected chi connectivity index (χ4v) is 8.32. The summed E-state index contributed by atoms with van der Waals surface area (Å²) in [6.07, 6.45) is 0. The molecule has 0 saturated heterocycles. The van der Waals surface area contributed by atoms with Crippen molar-refractivity contribution in [3.05, 3.63) is 170 Å². The van der Waals surface area contributed by atoms with E-state index in [4.69, 9.17) is 4.74 Å². The molecule has 226 valence electrons. The van der Waals surface area contributed by atoms with Crippen molar-refractivity contribution in [1.82, 2.24) is 0 Å². The van der Waals surface area contributed by atoms with E-state index in [2.05, 4.69) is 174 Å². The molecule has 8 aromatic carbocycles. The lowest BCUT2D eigenvalue weighted by molar-refractivity contribution is 0.477. The van der Waals surface area contributed by atoms with Crippen molar-refractivity contribution in [3.63, 3.8) is 0 Å². The summed E-state index contributed by atoms with van der Waals surface area (Å²) >= 11 is 1.84. The Morgan fingerprint density at radius 1 is 0.417 bits per heavy atom. The van der Waals surface area contributed by atoms with Gasteiger partial charge in [0.2, 0.25) is 0 Å². The molecule has 9 aromatic rings. The fraction of sp³-hybridized carbons (Fsp3) is 0. The first-order valence-electron chi connectivity index (χ1n) is 16.2. The Balaban J connectivity index is 1.12. The lowest BCUT2D eigenvalue weighted by Gasteiger charge is -2.34. The average molecular weight is 633 g/mol. The van der Waals surface area contributed by atoms with Gasteiger partial charge >= 0.3 is 0 Å². The van der Waals surface area contributed by atoms with Crippen LogP contribution in [0.3, 0.4) is 0 Å². The summed E-state index contributed by atoms with van der Waals surface area (Å²) in [5.41, 5.74) is 6.35. The van der Waals surface area contributed by atoms with Crippen LogP contribution < -0.4 is 14.5 Å². The zero-order valence-electron chi connectivity index (χ0n) is 25.9. The standard InChI is InChI=1S/C44H28N2OS/c1-2-11-31(12-3-1)45(32-20-23-36-30(26-32)19-18-29-10-4-5-13-35(29)36)33-22-25-40-42(27-33)47-41-16-8-7-15-39(41)46(40)34-21-24-38-37-14-6-9-17-43(37)48-44(38)28-34/h1-28H. The summed E-state index contributed by atoms with van der Waals surface area (Å²) in [6.45, 7) is 0. The van der Waals surface area contributed by atoms with E-state index >= 15 is 0 Å². The third kappa shape index (κ3) is 4.27. The highest BCUT2D eigenvalue weighted by molar-refractivity contribution is 7.25. The average Bonchev–Trinajstić information content (AvgIpc) is 3.52. The normalized spacial score (nSPS) is 12.3. The number of anilines is 6. The molecule has 0 N–H and O–H groups in total. The molecule has 1 aromatic heterocycles. The van der Waals surface area contributed by atoms with Crippen molar-refractivity contribution in [2.24, 2.45) is 0 Å². The Bertz CT molecular complexity index is 2680. The molecule has 0 atom stereocenters. The Kier molecular flexibility index (Phi) is 6.05. The molecule has 0 amide bonds. The van der Waals surface area contributed by atoms with Gasteiger partial charge in [0.05, 0.1) is 11.4 Å². The number of benzene rings is 8. The zero-order valence-corrected chi connectivity index (χ0v) is 26.7. The van der Waals surface area contributed by atoms with Crippen LogP contribution in [0.2, 0.25) is 0 Å². The fourth-order valence-electron chi connectivity index (χ4n) is 7.18. The van der Waals surface area contributed by atoms with Crippen molar-refractivity contribution in [1.29, 1.82) is 0 Å². The molecule has 0 fully saturated rings. The molecule has 0 radical (unpaired) electrons. The second-order valence-corrected chi connectivity index (χ2v) is 13.3. The van der Waals surface area contributed by atoms with Crippen LogP contribution in [-0.2, 0) is 0 Å². The highest BCUT2D eigenvalue weighted by atomic mass is 32.1. The van der Waals surface area contributed by atoms with Gasteiger partial charge in [-0.3, -0.25) is 0 Å². The first-order valence-corrected chi connectivity index (χ1v) is 17.0. The van der Waals surface area contributed by atoms with Gasteiger partial charge in [-0.15, -0.1) is 11.3 Å². The third-order valence-electron chi connectivity index (χ3n) is 9.39. The Hall–Kier alpha value is -6.10. The summed E-state index contributed by atoms with van der Waals surface area (Å²) in [5, 5.41) is 7.57. The topological polar surface area (TPSA) is 15.7 Å². The Morgan fingerprint density at radius 3 is 2.02 bits per heavy atom. The highest BCUT2D eigenvalue weighted by Crippen LogP contribution is 2.53. The molecule has 0 spiro atoms. The first-order chi connectivity index (χ1) is 23.8. The molecular formula is C44H28N2OS. The van der Waals surface area contributed by atoms with Gasteiger partial charge in [0.25, 0.3) is 0 Å². The third-order valence-corrected chi connectivity index (χ3v) is 10.5. The first kappa shape index (κ1) is 27.1. The molecular weight excluding hydrogens is 605 g/mol. The molecule has 10 rings (SSSR count). The largest absolute Gasteiger partial charge is 0.453 e. The number of hydrogen-bond donors (Lipinski definition) is 0. The monoisotopic (exact) mass is 632 g/mol. The van der Waals surface area contributed by atoms with Crippen LogP contribution in [-0.4, -0.2) is 0 Å². The van der Waals surface area contributed by atoms with E-state index in [1.54, 1.807) is 0 Å². The molecule has 1 aliphatic heterocycles. The second-order valence-electron chi connectivity index (χ2n) is 12.2. The summed E-state index contributed by atoms with van der Waals surface area (Å²) < 4.78 is 9.26. The maximum absolute atomic E-state index is 6.68. The number of thiophene rings is 1. The van der Waals surface area contributed by atoms with Crippen molar-refractivity contribution >= 4 is 87.2 Å². The number of rotatable bonds is 4. The summed E-state index contributed by atoms with van der Waals surface area (Å²) in [4.78, 5) is 4.64. The number of nitrogens with zero attached hydrogens (tertiary/aromatic N) is 2. The van der Waals surface area contributed by atoms with Crippen LogP contribution in [0.5, 0.6) is 11.5 Å². The zero-order chi connectivity index (χ0) is 31.6. The minimum atomic E-state index is 0.815. The molecule has 0 unspecified atom stereocenters. The van der Waals surface area contributed by atoms with Crippen molar-refractivity contribution in [2.75, 3.05) is 9.80 Å². The van der Waals surface area contributed by atoms with E-state index in [-0.39, 0.29) is 0 Å². The molecule has 48 heavy (non-hydrogen) atoms. The van der Waals surface area contributed by atoms with Gasteiger partial charge in [0, 0.05) is 49.0 Å². The van der Waals surface area contributed by atoms with E-state index in [9.17, 15) is 0 Å². The van der Waals surface area contributed by atoms with Gasteiger partial charge in [-0.1, -0.05) is 97.1 Å². The van der Waals surface area contributed by atoms with Crippen molar-refractivity contribution in [2.45, 2.75) is 0 Å². The van der Waals surface area contributed by atoms with Crippen molar-refractivity contribution in [3.8, 4) is 11.5 Å². The summed E-state index contributed by atoms with van der Waals surface area (Å²) in [5.74, 6) is 1.65. The van der Waals surface area contributed by atoms with Gasteiger partial charge in [-0.05, 0) is 88.3 Å². The van der Waals surface area contributed by atoms with E-state index in [1.807, 2.05) is 17.4 Å². The predicted molar refractivity (Wildman–Crippen MR) is 204 cm³/mol.